The van der Waals surface area contributed by atoms with Gasteiger partial charge in [-0.3, -0.25) is 14.4 Å². The number of rotatable bonds is 5. The van der Waals surface area contributed by atoms with Crippen molar-refractivity contribution in [3.8, 4) is 0 Å². The summed E-state index contributed by atoms with van der Waals surface area (Å²) in [6, 6.07) is 15.4. The van der Waals surface area contributed by atoms with E-state index >= 15 is 0 Å². The van der Waals surface area contributed by atoms with Crippen LogP contribution in [-0.2, 0) is 4.79 Å². The van der Waals surface area contributed by atoms with E-state index in [0.29, 0.717) is 21.7 Å². The topological polar surface area (TPSA) is 103 Å². The molecule has 0 aliphatic carbocycles. The van der Waals surface area contributed by atoms with Crippen LogP contribution in [0.5, 0.6) is 0 Å². The molecule has 0 bridgehead atoms. The van der Waals surface area contributed by atoms with Gasteiger partial charge in [-0.15, -0.1) is 0 Å². The Hall–Kier alpha value is -3.45. The number of hydrogen-bond donors (Lipinski definition) is 3. The van der Waals surface area contributed by atoms with Crippen molar-refractivity contribution in [2.45, 2.75) is 0 Å². The SMILES string of the molecule is O=C(CNC(=O)c1cccc(Cl)c1)NN=Cc1cc2ccccc2[nH]c1=O. The number of amides is 2. The first-order valence-corrected chi connectivity index (χ1v) is 8.38. The number of hydrazone groups is 1. The minimum Gasteiger partial charge on any atom is -0.343 e. The van der Waals surface area contributed by atoms with Crippen LogP contribution in [0.1, 0.15) is 15.9 Å². The minimum absolute atomic E-state index is 0.267. The number of H-pyrrole nitrogens is 1. The van der Waals surface area contributed by atoms with Gasteiger partial charge in [-0.25, -0.2) is 5.43 Å². The van der Waals surface area contributed by atoms with Crippen LogP contribution >= 0.6 is 11.6 Å². The molecule has 7 nitrogen and oxygen atoms in total. The van der Waals surface area contributed by atoms with Crippen LogP contribution in [0.3, 0.4) is 0 Å². The van der Waals surface area contributed by atoms with Gasteiger partial charge in [0.2, 0.25) is 0 Å². The van der Waals surface area contributed by atoms with E-state index in [1.54, 1.807) is 30.3 Å². The molecule has 0 saturated carbocycles. The van der Waals surface area contributed by atoms with E-state index in [0.717, 1.165) is 5.39 Å². The molecule has 1 aromatic heterocycles. The number of para-hydroxylation sites is 1. The summed E-state index contributed by atoms with van der Waals surface area (Å²) in [5.41, 5.74) is 3.31. The quantitative estimate of drug-likeness (QED) is 0.464. The fourth-order valence-electron chi connectivity index (χ4n) is 2.37. The largest absolute Gasteiger partial charge is 0.343 e. The molecule has 2 aromatic carbocycles. The molecule has 3 aromatic rings. The van der Waals surface area contributed by atoms with Gasteiger partial charge in [-0.2, -0.15) is 5.10 Å². The summed E-state index contributed by atoms with van der Waals surface area (Å²) in [5.74, 6) is -0.957. The Labute approximate surface area is 159 Å². The monoisotopic (exact) mass is 382 g/mol. The fraction of sp³-hybridized carbons (Fsp3) is 0.0526. The van der Waals surface area contributed by atoms with Crippen molar-refractivity contribution in [1.82, 2.24) is 15.7 Å². The van der Waals surface area contributed by atoms with Crippen LogP contribution in [0, 0.1) is 0 Å². The van der Waals surface area contributed by atoms with Crippen molar-refractivity contribution in [2.24, 2.45) is 5.10 Å². The van der Waals surface area contributed by atoms with E-state index in [1.165, 1.54) is 12.3 Å². The van der Waals surface area contributed by atoms with E-state index in [-0.39, 0.29) is 12.1 Å². The van der Waals surface area contributed by atoms with Crippen molar-refractivity contribution in [3.63, 3.8) is 0 Å². The first-order chi connectivity index (χ1) is 13.0. The number of carbonyl (C=O) groups is 2. The Morgan fingerprint density at radius 1 is 1.11 bits per heavy atom. The lowest BCUT2D eigenvalue weighted by molar-refractivity contribution is -0.120. The maximum absolute atomic E-state index is 12.0. The highest BCUT2D eigenvalue weighted by Gasteiger charge is 2.08. The number of pyridine rings is 1. The maximum Gasteiger partial charge on any atom is 0.259 e. The Bertz CT molecular complexity index is 1090. The number of aromatic nitrogens is 1. The Morgan fingerprint density at radius 2 is 1.93 bits per heavy atom. The first-order valence-electron chi connectivity index (χ1n) is 8.01. The van der Waals surface area contributed by atoms with Gasteiger partial charge in [-0.1, -0.05) is 35.9 Å². The second-order valence-corrected chi connectivity index (χ2v) is 6.06. The second kappa shape index (κ2) is 8.29. The van der Waals surface area contributed by atoms with Crippen LogP contribution in [0.2, 0.25) is 5.02 Å². The second-order valence-electron chi connectivity index (χ2n) is 5.63. The molecule has 0 atom stereocenters. The van der Waals surface area contributed by atoms with Gasteiger partial charge < -0.3 is 10.3 Å². The number of halogens is 1. The zero-order valence-electron chi connectivity index (χ0n) is 14.0. The number of nitrogens with one attached hydrogen (secondary N) is 3. The fourth-order valence-corrected chi connectivity index (χ4v) is 2.56. The molecule has 0 aliphatic rings. The Kier molecular flexibility index (Phi) is 5.63. The summed E-state index contributed by atoms with van der Waals surface area (Å²) in [4.78, 5) is 38.4. The first kappa shape index (κ1) is 18.3. The van der Waals surface area contributed by atoms with Crippen molar-refractivity contribution in [1.29, 1.82) is 0 Å². The summed E-state index contributed by atoms with van der Waals surface area (Å²) in [6.07, 6.45) is 1.25. The lowest BCUT2D eigenvalue weighted by Gasteiger charge is -2.04. The van der Waals surface area contributed by atoms with Crippen LogP contribution in [-0.4, -0.2) is 29.6 Å². The van der Waals surface area contributed by atoms with Crippen LogP contribution in [0.4, 0.5) is 0 Å². The van der Waals surface area contributed by atoms with Crippen LogP contribution in [0.15, 0.2) is 64.5 Å². The Morgan fingerprint density at radius 3 is 2.74 bits per heavy atom. The van der Waals surface area contributed by atoms with Gasteiger partial charge in [0.1, 0.15) is 0 Å². The zero-order valence-corrected chi connectivity index (χ0v) is 14.8. The van der Waals surface area contributed by atoms with Crippen LogP contribution in [0.25, 0.3) is 10.9 Å². The van der Waals surface area contributed by atoms with Gasteiger partial charge in [0.15, 0.2) is 0 Å². The van der Waals surface area contributed by atoms with E-state index in [9.17, 15) is 14.4 Å². The lowest BCUT2D eigenvalue weighted by Crippen LogP contribution is -2.35. The van der Waals surface area contributed by atoms with E-state index in [1.807, 2.05) is 18.2 Å². The van der Waals surface area contributed by atoms with Crippen molar-refractivity contribution >= 4 is 40.5 Å². The number of hydrogen-bond acceptors (Lipinski definition) is 4. The average Bonchev–Trinajstić information content (AvgIpc) is 2.66. The number of nitrogens with zero attached hydrogens (tertiary/aromatic N) is 1. The van der Waals surface area contributed by atoms with Gasteiger partial charge in [-0.05, 0) is 35.7 Å². The minimum atomic E-state index is -0.529. The Balaban J connectivity index is 1.57. The van der Waals surface area contributed by atoms with Crippen molar-refractivity contribution in [3.05, 3.63) is 81.1 Å². The lowest BCUT2D eigenvalue weighted by atomic mass is 10.2. The van der Waals surface area contributed by atoms with Gasteiger partial charge in [0.05, 0.1) is 18.3 Å². The normalized spacial score (nSPS) is 10.9. The molecular formula is C19H15ClN4O3. The van der Waals surface area contributed by atoms with Crippen molar-refractivity contribution in [2.75, 3.05) is 6.54 Å². The number of fused-ring (bicyclic) bond motifs is 1. The molecule has 3 rings (SSSR count). The van der Waals surface area contributed by atoms with Gasteiger partial charge in [0, 0.05) is 16.1 Å². The highest BCUT2D eigenvalue weighted by Crippen LogP contribution is 2.10. The molecule has 0 radical (unpaired) electrons. The zero-order chi connectivity index (χ0) is 19.2. The number of carbonyl (C=O) groups excluding carboxylic acids is 2. The highest BCUT2D eigenvalue weighted by molar-refractivity contribution is 6.31. The predicted molar refractivity (Wildman–Crippen MR) is 104 cm³/mol. The number of aromatic amines is 1. The molecule has 8 heteroatoms. The molecule has 1 heterocycles. The molecule has 136 valence electrons. The average molecular weight is 383 g/mol. The standard InChI is InChI=1S/C19H15ClN4O3/c20-15-6-3-5-13(9-15)18(26)21-11-17(25)24-22-10-14-8-12-4-1-2-7-16(12)23-19(14)27/h1-10H,11H2,(H,21,26)(H,23,27)(H,24,25). The van der Waals surface area contributed by atoms with E-state index in [2.05, 4.69) is 20.8 Å². The van der Waals surface area contributed by atoms with Gasteiger partial charge in [0.25, 0.3) is 17.4 Å². The van der Waals surface area contributed by atoms with Gasteiger partial charge >= 0.3 is 0 Å². The number of benzene rings is 2. The molecule has 2 amide bonds. The third-order valence-corrected chi connectivity index (χ3v) is 3.91. The molecular weight excluding hydrogens is 368 g/mol. The summed E-state index contributed by atoms with van der Waals surface area (Å²) in [5, 5.41) is 7.49. The smallest absolute Gasteiger partial charge is 0.259 e. The predicted octanol–water partition coefficient (Wildman–Crippen LogP) is 2.06. The van der Waals surface area contributed by atoms with E-state index < -0.39 is 11.8 Å². The third-order valence-electron chi connectivity index (χ3n) is 3.67. The summed E-state index contributed by atoms with van der Waals surface area (Å²) in [6.45, 7) is -0.267. The van der Waals surface area contributed by atoms with E-state index in [4.69, 9.17) is 11.6 Å². The highest BCUT2D eigenvalue weighted by atomic mass is 35.5. The molecule has 27 heavy (non-hydrogen) atoms. The molecule has 0 spiro atoms. The maximum atomic E-state index is 12.0. The third kappa shape index (κ3) is 4.80. The molecule has 3 N–H and O–H groups in total. The van der Waals surface area contributed by atoms with Crippen LogP contribution < -0.4 is 16.3 Å². The summed E-state index contributed by atoms with van der Waals surface area (Å²) >= 11 is 5.82. The molecule has 0 aliphatic heterocycles. The van der Waals surface area contributed by atoms with Crippen molar-refractivity contribution < 1.29 is 9.59 Å². The molecule has 0 fully saturated rings. The summed E-state index contributed by atoms with van der Waals surface area (Å²) in [7, 11) is 0. The summed E-state index contributed by atoms with van der Waals surface area (Å²) < 4.78 is 0. The molecule has 0 saturated heterocycles. The molecule has 0 unspecified atom stereocenters.